The Hall–Kier alpha value is -1.65. The van der Waals surface area contributed by atoms with Gasteiger partial charge in [-0.1, -0.05) is 18.2 Å². The monoisotopic (exact) mass is 257 g/mol. The number of nitrogens with zero attached hydrogens (tertiary/aromatic N) is 2. The molecule has 1 aromatic heterocycles. The number of aromatic nitrogens is 1. The zero-order valence-corrected chi connectivity index (χ0v) is 11.1. The third kappa shape index (κ3) is 2.29. The number of rotatable bonds is 2. The molecule has 0 bridgehead atoms. The molecule has 0 radical (unpaired) electrons. The molecule has 0 amide bonds. The molecule has 100 valence electrons. The smallest absolute Gasteiger partial charge is 0.0872 e. The number of hydrogen-bond acceptors (Lipinski definition) is 4. The summed E-state index contributed by atoms with van der Waals surface area (Å²) in [6.45, 7) is 4.30. The van der Waals surface area contributed by atoms with E-state index in [1.807, 2.05) is 18.3 Å². The van der Waals surface area contributed by atoms with Crippen LogP contribution in [-0.4, -0.2) is 36.8 Å². The molecular formula is C15H19N3O. The molecule has 3 rings (SSSR count). The van der Waals surface area contributed by atoms with Gasteiger partial charge in [0, 0.05) is 36.4 Å². The van der Waals surface area contributed by atoms with Crippen molar-refractivity contribution < 1.29 is 4.74 Å². The van der Waals surface area contributed by atoms with Crippen LogP contribution in [0.4, 0.5) is 5.69 Å². The van der Waals surface area contributed by atoms with E-state index in [0.29, 0.717) is 12.6 Å². The Balaban J connectivity index is 2.02. The van der Waals surface area contributed by atoms with Gasteiger partial charge >= 0.3 is 0 Å². The van der Waals surface area contributed by atoms with E-state index < -0.39 is 0 Å². The fraction of sp³-hybridized carbons (Fsp3) is 0.400. The minimum absolute atomic E-state index is 0.114. The molecule has 4 nitrogen and oxygen atoms in total. The Labute approximate surface area is 113 Å². The summed E-state index contributed by atoms with van der Waals surface area (Å²) in [7, 11) is 0. The molecule has 19 heavy (non-hydrogen) atoms. The maximum Gasteiger partial charge on any atom is 0.0872 e. The molecule has 1 aliphatic heterocycles. The van der Waals surface area contributed by atoms with E-state index in [1.54, 1.807) is 0 Å². The van der Waals surface area contributed by atoms with Gasteiger partial charge in [0.1, 0.15) is 0 Å². The molecule has 1 aromatic carbocycles. The standard InChI is InChI=1S/C15H19N3O/c1-11-10-19-12(8-16)9-18(11)15-6-7-17-14-5-3-2-4-13(14)15/h2-7,11-12H,8-10,16H2,1H3. The summed E-state index contributed by atoms with van der Waals surface area (Å²) in [5.74, 6) is 0. The van der Waals surface area contributed by atoms with E-state index in [4.69, 9.17) is 10.5 Å². The maximum absolute atomic E-state index is 5.74. The number of para-hydroxylation sites is 1. The molecule has 0 spiro atoms. The van der Waals surface area contributed by atoms with Crippen LogP contribution in [0.3, 0.4) is 0 Å². The first-order valence-corrected chi connectivity index (χ1v) is 6.71. The largest absolute Gasteiger partial charge is 0.373 e. The second-order valence-corrected chi connectivity index (χ2v) is 5.04. The van der Waals surface area contributed by atoms with Crippen LogP contribution < -0.4 is 10.6 Å². The van der Waals surface area contributed by atoms with Gasteiger partial charge in [-0.15, -0.1) is 0 Å². The minimum Gasteiger partial charge on any atom is -0.373 e. The van der Waals surface area contributed by atoms with Crippen LogP contribution >= 0.6 is 0 Å². The molecule has 4 heteroatoms. The number of benzene rings is 1. The Morgan fingerprint density at radius 3 is 3.05 bits per heavy atom. The highest BCUT2D eigenvalue weighted by Gasteiger charge is 2.26. The first-order chi connectivity index (χ1) is 9.29. The SMILES string of the molecule is CC1COC(CN)CN1c1ccnc2ccccc12. The van der Waals surface area contributed by atoms with Crippen LogP contribution in [0.2, 0.25) is 0 Å². The number of pyridine rings is 1. The van der Waals surface area contributed by atoms with Crippen LogP contribution in [0.1, 0.15) is 6.92 Å². The van der Waals surface area contributed by atoms with Gasteiger partial charge in [-0.25, -0.2) is 0 Å². The quantitative estimate of drug-likeness (QED) is 0.891. The Morgan fingerprint density at radius 2 is 2.21 bits per heavy atom. The van der Waals surface area contributed by atoms with Crippen LogP contribution in [0.25, 0.3) is 10.9 Å². The number of morpholine rings is 1. The molecule has 2 unspecified atom stereocenters. The van der Waals surface area contributed by atoms with Crippen molar-refractivity contribution in [3.63, 3.8) is 0 Å². The van der Waals surface area contributed by atoms with Crippen LogP contribution in [0.15, 0.2) is 36.5 Å². The third-order valence-electron chi connectivity index (χ3n) is 3.70. The minimum atomic E-state index is 0.114. The number of nitrogens with two attached hydrogens (primary N) is 1. The molecule has 0 saturated carbocycles. The van der Waals surface area contributed by atoms with E-state index >= 15 is 0 Å². The van der Waals surface area contributed by atoms with Crippen LogP contribution in [0.5, 0.6) is 0 Å². The van der Waals surface area contributed by atoms with Gasteiger partial charge in [0.15, 0.2) is 0 Å². The molecule has 2 N–H and O–H groups in total. The average molecular weight is 257 g/mol. The summed E-state index contributed by atoms with van der Waals surface area (Å²) < 4.78 is 5.72. The summed E-state index contributed by atoms with van der Waals surface area (Å²) in [6.07, 6.45) is 1.99. The van der Waals surface area contributed by atoms with Gasteiger partial charge in [0.2, 0.25) is 0 Å². The fourth-order valence-electron chi connectivity index (χ4n) is 2.63. The van der Waals surface area contributed by atoms with Gasteiger partial charge in [-0.3, -0.25) is 4.98 Å². The van der Waals surface area contributed by atoms with Gasteiger partial charge in [-0.2, -0.15) is 0 Å². The molecule has 1 aliphatic rings. The van der Waals surface area contributed by atoms with Crippen molar-refractivity contribution in [3.05, 3.63) is 36.5 Å². The van der Waals surface area contributed by atoms with Crippen molar-refractivity contribution in [1.82, 2.24) is 4.98 Å². The molecule has 2 heterocycles. The maximum atomic E-state index is 5.74. The second-order valence-electron chi connectivity index (χ2n) is 5.04. The predicted octanol–water partition coefficient (Wildman–Crippen LogP) is 1.79. The summed E-state index contributed by atoms with van der Waals surface area (Å²) in [6, 6.07) is 10.7. The molecule has 0 aliphatic carbocycles. The van der Waals surface area contributed by atoms with Crippen molar-refractivity contribution in [2.45, 2.75) is 19.1 Å². The molecule has 1 saturated heterocycles. The van der Waals surface area contributed by atoms with Gasteiger partial charge in [0.05, 0.1) is 18.2 Å². The Bertz CT molecular complexity index is 567. The first-order valence-electron chi connectivity index (χ1n) is 6.71. The number of fused-ring (bicyclic) bond motifs is 1. The van der Waals surface area contributed by atoms with E-state index in [0.717, 1.165) is 18.7 Å². The van der Waals surface area contributed by atoms with Crippen molar-refractivity contribution in [1.29, 1.82) is 0 Å². The highest BCUT2D eigenvalue weighted by molar-refractivity contribution is 5.91. The number of anilines is 1. The predicted molar refractivity (Wildman–Crippen MR) is 77.3 cm³/mol. The van der Waals surface area contributed by atoms with Crippen molar-refractivity contribution in [3.8, 4) is 0 Å². The van der Waals surface area contributed by atoms with Crippen LogP contribution in [0, 0.1) is 0 Å². The lowest BCUT2D eigenvalue weighted by Gasteiger charge is -2.39. The number of ether oxygens (including phenoxy) is 1. The Morgan fingerprint density at radius 1 is 1.37 bits per heavy atom. The summed E-state index contributed by atoms with van der Waals surface area (Å²) in [5.41, 5.74) is 7.99. The van der Waals surface area contributed by atoms with Crippen molar-refractivity contribution in [2.75, 3.05) is 24.6 Å². The van der Waals surface area contributed by atoms with E-state index in [9.17, 15) is 0 Å². The summed E-state index contributed by atoms with van der Waals surface area (Å²) in [5, 5.41) is 1.19. The summed E-state index contributed by atoms with van der Waals surface area (Å²) >= 11 is 0. The zero-order valence-electron chi connectivity index (χ0n) is 11.1. The van der Waals surface area contributed by atoms with E-state index in [-0.39, 0.29) is 6.10 Å². The third-order valence-corrected chi connectivity index (χ3v) is 3.70. The highest BCUT2D eigenvalue weighted by Crippen LogP contribution is 2.28. The molecular weight excluding hydrogens is 238 g/mol. The molecule has 2 aromatic rings. The molecule has 1 fully saturated rings. The fourth-order valence-corrected chi connectivity index (χ4v) is 2.63. The van der Waals surface area contributed by atoms with Gasteiger partial charge < -0.3 is 15.4 Å². The summed E-state index contributed by atoms with van der Waals surface area (Å²) in [4.78, 5) is 6.80. The van der Waals surface area contributed by atoms with Crippen LogP contribution in [-0.2, 0) is 4.74 Å². The van der Waals surface area contributed by atoms with Gasteiger partial charge in [-0.05, 0) is 19.1 Å². The lowest BCUT2D eigenvalue weighted by molar-refractivity contribution is 0.0284. The number of hydrogen-bond donors (Lipinski definition) is 1. The first kappa shape index (κ1) is 12.4. The lowest BCUT2D eigenvalue weighted by Crippen LogP contribution is -2.50. The zero-order chi connectivity index (χ0) is 13.2. The van der Waals surface area contributed by atoms with E-state index in [1.165, 1.54) is 11.1 Å². The normalized spacial score (nSPS) is 23.8. The highest BCUT2D eigenvalue weighted by atomic mass is 16.5. The van der Waals surface area contributed by atoms with Crippen molar-refractivity contribution in [2.24, 2.45) is 5.73 Å². The lowest BCUT2D eigenvalue weighted by atomic mass is 10.1. The average Bonchev–Trinajstić information content (AvgIpc) is 2.47. The Kier molecular flexibility index (Phi) is 3.36. The van der Waals surface area contributed by atoms with E-state index in [2.05, 4.69) is 35.0 Å². The van der Waals surface area contributed by atoms with Gasteiger partial charge in [0.25, 0.3) is 0 Å². The second kappa shape index (κ2) is 5.15. The topological polar surface area (TPSA) is 51.4 Å². The van der Waals surface area contributed by atoms with Crippen molar-refractivity contribution >= 4 is 16.6 Å². The molecule has 2 atom stereocenters.